The number of hydrogen-bond acceptors (Lipinski definition) is 5. The Morgan fingerprint density at radius 1 is 1.32 bits per heavy atom. The maximum Gasteiger partial charge on any atom is 0.252 e. The minimum atomic E-state index is -1.41. The van der Waals surface area contributed by atoms with Crippen LogP contribution in [-0.4, -0.2) is 44.0 Å². The van der Waals surface area contributed by atoms with E-state index in [9.17, 15) is 14.7 Å². The SMILES string of the molecule is Cc1nc2c(n1Cc1cc(CNC(=O)C(C)C(O)C(=O)N3CCC[C@@H]3c3cccc(Cl)c3)cs1)C=CCC2. The number of rotatable bonds is 8. The predicted octanol–water partition coefficient (Wildman–Crippen LogP) is 4.89. The fourth-order valence-electron chi connectivity index (χ4n) is 5.35. The molecule has 1 fully saturated rings. The van der Waals surface area contributed by atoms with E-state index in [0.29, 0.717) is 18.1 Å². The number of imidazole rings is 1. The molecule has 3 atom stereocenters. The number of thiophene rings is 1. The van der Waals surface area contributed by atoms with Crippen LogP contribution in [0.25, 0.3) is 6.08 Å². The fourth-order valence-corrected chi connectivity index (χ4v) is 6.43. The number of aliphatic hydroxyl groups excluding tert-OH is 1. The van der Waals surface area contributed by atoms with Crippen LogP contribution in [0.2, 0.25) is 5.02 Å². The average Bonchev–Trinajstić information content (AvgIpc) is 3.65. The summed E-state index contributed by atoms with van der Waals surface area (Å²) in [6.45, 7) is 5.27. The van der Waals surface area contributed by atoms with Crippen molar-refractivity contribution in [3.63, 3.8) is 0 Å². The molecule has 3 aromatic rings. The number of allylic oxidation sites excluding steroid dienone is 1. The smallest absolute Gasteiger partial charge is 0.252 e. The Kier molecular flexibility index (Phi) is 8.02. The molecule has 0 saturated carbocycles. The summed E-state index contributed by atoms with van der Waals surface area (Å²) in [5.74, 6) is -0.621. The summed E-state index contributed by atoms with van der Waals surface area (Å²) < 4.78 is 2.23. The van der Waals surface area contributed by atoms with Gasteiger partial charge in [0.05, 0.1) is 29.9 Å². The van der Waals surface area contributed by atoms with Crippen molar-refractivity contribution in [1.29, 1.82) is 0 Å². The van der Waals surface area contributed by atoms with Gasteiger partial charge in [-0.25, -0.2) is 4.98 Å². The van der Waals surface area contributed by atoms with Gasteiger partial charge in [-0.3, -0.25) is 9.59 Å². The molecule has 7 nitrogen and oxygen atoms in total. The van der Waals surface area contributed by atoms with Crippen LogP contribution in [0, 0.1) is 12.8 Å². The van der Waals surface area contributed by atoms with Crippen LogP contribution in [-0.2, 0) is 29.1 Å². The summed E-state index contributed by atoms with van der Waals surface area (Å²) in [7, 11) is 0. The number of nitrogens with one attached hydrogen (secondary N) is 1. The summed E-state index contributed by atoms with van der Waals surface area (Å²) in [6, 6.07) is 9.41. The van der Waals surface area contributed by atoms with Crippen molar-refractivity contribution in [1.82, 2.24) is 19.8 Å². The molecule has 0 radical (unpaired) electrons. The minimum absolute atomic E-state index is 0.143. The molecule has 1 aromatic carbocycles. The first-order valence-corrected chi connectivity index (χ1v) is 14.4. The highest BCUT2D eigenvalue weighted by Gasteiger charge is 2.37. The summed E-state index contributed by atoms with van der Waals surface area (Å²) >= 11 is 7.80. The van der Waals surface area contributed by atoms with Gasteiger partial charge < -0.3 is 19.9 Å². The molecular weight excluding hydrogens is 520 g/mol. The van der Waals surface area contributed by atoms with E-state index in [-0.39, 0.29) is 11.9 Å². The number of carbonyl (C=O) groups is 2. The molecular formula is C29H33ClN4O3S. The van der Waals surface area contributed by atoms with Crippen molar-refractivity contribution in [2.75, 3.05) is 6.54 Å². The molecule has 200 valence electrons. The Morgan fingerprint density at radius 3 is 2.97 bits per heavy atom. The number of aliphatic hydroxyl groups is 1. The minimum Gasteiger partial charge on any atom is -0.382 e. The van der Waals surface area contributed by atoms with Crippen LogP contribution in [0.15, 0.2) is 41.8 Å². The van der Waals surface area contributed by atoms with Gasteiger partial charge in [-0.2, -0.15) is 0 Å². The van der Waals surface area contributed by atoms with Crippen molar-refractivity contribution >= 4 is 40.8 Å². The average molecular weight is 553 g/mol. The summed E-state index contributed by atoms with van der Waals surface area (Å²) in [5, 5.41) is 16.4. The number of likely N-dealkylation sites (tertiary alicyclic amines) is 1. The van der Waals surface area contributed by atoms with Crippen LogP contribution >= 0.6 is 22.9 Å². The lowest BCUT2D eigenvalue weighted by Gasteiger charge is -2.29. The number of benzene rings is 1. The Bertz CT molecular complexity index is 1360. The molecule has 2 unspecified atom stereocenters. The highest BCUT2D eigenvalue weighted by molar-refractivity contribution is 7.10. The number of fused-ring (bicyclic) bond motifs is 1. The summed E-state index contributed by atoms with van der Waals surface area (Å²) in [4.78, 5) is 33.6. The van der Waals surface area contributed by atoms with E-state index in [1.165, 1.54) is 10.6 Å². The Hall–Kier alpha value is -2.94. The first kappa shape index (κ1) is 26.7. The van der Waals surface area contributed by atoms with Crippen LogP contribution in [0.4, 0.5) is 0 Å². The van der Waals surface area contributed by atoms with E-state index in [1.54, 1.807) is 29.2 Å². The lowest BCUT2D eigenvalue weighted by Crippen LogP contribution is -2.46. The predicted molar refractivity (Wildman–Crippen MR) is 150 cm³/mol. The lowest BCUT2D eigenvalue weighted by atomic mass is 10.00. The molecule has 0 bridgehead atoms. The van der Waals surface area contributed by atoms with Crippen LogP contribution < -0.4 is 5.32 Å². The number of nitrogens with zero attached hydrogens (tertiary/aromatic N) is 3. The number of amides is 2. The highest BCUT2D eigenvalue weighted by Crippen LogP contribution is 2.34. The Labute approximate surface area is 232 Å². The Balaban J connectivity index is 1.17. The van der Waals surface area contributed by atoms with E-state index < -0.39 is 17.9 Å². The van der Waals surface area contributed by atoms with E-state index in [2.05, 4.69) is 28.1 Å². The third kappa shape index (κ3) is 5.58. The molecule has 2 N–H and O–H groups in total. The first-order valence-electron chi connectivity index (χ1n) is 13.1. The van der Waals surface area contributed by atoms with Crippen molar-refractivity contribution in [3.8, 4) is 0 Å². The molecule has 0 spiro atoms. The van der Waals surface area contributed by atoms with Gasteiger partial charge in [-0.1, -0.05) is 36.7 Å². The molecule has 5 rings (SSSR count). The standard InChI is InChI=1S/C29H33ClN4O3S/c1-18(27(35)29(37)33-12-6-11-25(33)21-7-5-8-22(30)14-21)28(36)31-15-20-13-23(38-17-20)16-34-19(2)32-24-9-3-4-10-26(24)34/h4-5,7-8,10,13-14,17-18,25,27,35H,3,6,9,11-12,15-16H2,1-2H3,(H,31,36)/t18?,25-,27?/m1/s1. The Morgan fingerprint density at radius 2 is 2.16 bits per heavy atom. The van der Waals surface area contributed by atoms with Crippen molar-refractivity contribution in [2.45, 2.75) is 64.8 Å². The van der Waals surface area contributed by atoms with Gasteiger partial charge in [0, 0.05) is 23.0 Å². The largest absolute Gasteiger partial charge is 0.382 e. The molecule has 1 aliphatic heterocycles. The van der Waals surface area contributed by atoms with Gasteiger partial charge in [0.1, 0.15) is 11.9 Å². The van der Waals surface area contributed by atoms with E-state index in [4.69, 9.17) is 16.6 Å². The monoisotopic (exact) mass is 552 g/mol. The van der Waals surface area contributed by atoms with Crippen molar-refractivity contribution < 1.29 is 14.7 Å². The number of hydrogen-bond donors (Lipinski definition) is 2. The van der Waals surface area contributed by atoms with Gasteiger partial charge in [0.25, 0.3) is 5.91 Å². The number of halogens is 1. The zero-order valence-corrected chi connectivity index (χ0v) is 23.3. The molecule has 2 aromatic heterocycles. The van der Waals surface area contributed by atoms with Crippen LogP contribution in [0.5, 0.6) is 0 Å². The molecule has 38 heavy (non-hydrogen) atoms. The number of carbonyl (C=O) groups excluding carboxylic acids is 2. The van der Waals surface area contributed by atoms with Gasteiger partial charge in [-0.05, 0) is 73.4 Å². The summed E-state index contributed by atoms with van der Waals surface area (Å²) in [5.41, 5.74) is 4.28. The second-order valence-corrected chi connectivity index (χ2v) is 11.6. The number of aromatic nitrogens is 2. The van der Waals surface area contributed by atoms with E-state index >= 15 is 0 Å². The number of aryl methyl sites for hydroxylation is 2. The zero-order valence-electron chi connectivity index (χ0n) is 21.7. The second-order valence-electron chi connectivity index (χ2n) is 10.1. The third-order valence-electron chi connectivity index (χ3n) is 7.50. The fraction of sp³-hybridized carbons (Fsp3) is 0.414. The molecule has 1 aliphatic carbocycles. The first-order chi connectivity index (χ1) is 18.3. The van der Waals surface area contributed by atoms with Gasteiger partial charge in [0.15, 0.2) is 0 Å². The van der Waals surface area contributed by atoms with E-state index in [1.807, 2.05) is 30.5 Å². The topological polar surface area (TPSA) is 87.5 Å². The summed E-state index contributed by atoms with van der Waals surface area (Å²) in [6.07, 6.45) is 6.60. The molecule has 2 amide bonds. The normalized spacial score (nSPS) is 18.3. The van der Waals surface area contributed by atoms with Crippen LogP contribution in [0.1, 0.15) is 65.4 Å². The maximum atomic E-state index is 13.2. The molecule has 3 heterocycles. The zero-order chi connectivity index (χ0) is 26.8. The van der Waals surface area contributed by atoms with Gasteiger partial charge in [0.2, 0.25) is 5.91 Å². The maximum absolute atomic E-state index is 13.2. The molecule has 1 saturated heterocycles. The second kappa shape index (κ2) is 11.4. The third-order valence-corrected chi connectivity index (χ3v) is 8.70. The van der Waals surface area contributed by atoms with Gasteiger partial charge in [-0.15, -0.1) is 11.3 Å². The quantitative estimate of drug-likeness (QED) is 0.416. The van der Waals surface area contributed by atoms with Crippen LogP contribution in [0.3, 0.4) is 0 Å². The van der Waals surface area contributed by atoms with Crippen molar-refractivity contribution in [2.24, 2.45) is 5.92 Å². The molecule has 2 aliphatic rings. The van der Waals surface area contributed by atoms with Gasteiger partial charge >= 0.3 is 0 Å². The van der Waals surface area contributed by atoms with E-state index in [0.717, 1.165) is 54.9 Å². The van der Waals surface area contributed by atoms with Crippen molar-refractivity contribution in [3.05, 3.63) is 80.0 Å². The lowest BCUT2D eigenvalue weighted by molar-refractivity contribution is -0.148. The molecule has 9 heteroatoms. The highest BCUT2D eigenvalue weighted by atomic mass is 35.5.